The maximum atomic E-state index is 6.17. The molecule has 0 radical (unpaired) electrons. The van der Waals surface area contributed by atoms with E-state index in [0.717, 1.165) is 44.3 Å². The van der Waals surface area contributed by atoms with Gasteiger partial charge < -0.3 is 10.5 Å². The first-order valence-electron chi connectivity index (χ1n) is 7.01. The van der Waals surface area contributed by atoms with Gasteiger partial charge in [0.25, 0.3) is 0 Å². The molecule has 1 unspecified atom stereocenters. The third-order valence-electron chi connectivity index (χ3n) is 4.04. The lowest BCUT2D eigenvalue weighted by Gasteiger charge is -2.21. The minimum absolute atomic E-state index is 0.407. The molecule has 0 amide bonds. The summed E-state index contributed by atoms with van der Waals surface area (Å²) in [6.45, 7) is 3.88. The van der Waals surface area contributed by atoms with E-state index in [1.54, 1.807) is 0 Å². The largest absolute Gasteiger partial charge is 0.492 e. The molecule has 1 saturated carbocycles. The lowest BCUT2D eigenvalue weighted by molar-refractivity contribution is 0.218. The summed E-state index contributed by atoms with van der Waals surface area (Å²) in [5.74, 6) is 1.85. The summed E-state index contributed by atoms with van der Waals surface area (Å²) in [4.78, 5) is 2.47. The summed E-state index contributed by atoms with van der Waals surface area (Å²) >= 11 is 0. The summed E-state index contributed by atoms with van der Waals surface area (Å²) in [5, 5.41) is 0. The van der Waals surface area contributed by atoms with Crippen molar-refractivity contribution in [2.24, 2.45) is 11.7 Å². The fraction of sp³-hybridized carbons (Fsp3) is 0.600. The summed E-state index contributed by atoms with van der Waals surface area (Å²) in [6.07, 6.45) is 3.80. The van der Waals surface area contributed by atoms with Crippen molar-refractivity contribution in [1.82, 2.24) is 4.90 Å². The van der Waals surface area contributed by atoms with Crippen LogP contribution in [0.15, 0.2) is 24.3 Å². The maximum Gasteiger partial charge on any atom is 0.123 e. The van der Waals surface area contributed by atoms with Gasteiger partial charge in [-0.2, -0.15) is 0 Å². The molecule has 0 saturated heterocycles. The van der Waals surface area contributed by atoms with Crippen molar-refractivity contribution in [3.05, 3.63) is 29.8 Å². The van der Waals surface area contributed by atoms with Gasteiger partial charge in [-0.3, -0.25) is 4.90 Å². The van der Waals surface area contributed by atoms with Gasteiger partial charge in [0.2, 0.25) is 0 Å². The van der Waals surface area contributed by atoms with Crippen LogP contribution in [-0.4, -0.2) is 30.6 Å². The van der Waals surface area contributed by atoms with Crippen molar-refractivity contribution in [3.63, 3.8) is 0 Å². The normalized spacial score (nSPS) is 21.8. The molecule has 1 aromatic carbocycles. The third kappa shape index (κ3) is 2.85. The molecule has 0 bridgehead atoms. The molecule has 1 fully saturated rings. The molecular formula is C15H22N2O. The van der Waals surface area contributed by atoms with E-state index < -0.39 is 0 Å². The summed E-state index contributed by atoms with van der Waals surface area (Å²) < 4.78 is 5.77. The van der Waals surface area contributed by atoms with Gasteiger partial charge in [-0.25, -0.2) is 0 Å². The van der Waals surface area contributed by atoms with E-state index in [2.05, 4.69) is 23.1 Å². The van der Waals surface area contributed by atoms with Gasteiger partial charge in [-0.1, -0.05) is 18.2 Å². The Bertz CT molecular complexity index is 403. The number of hydrogen-bond acceptors (Lipinski definition) is 3. The topological polar surface area (TPSA) is 38.5 Å². The van der Waals surface area contributed by atoms with E-state index in [0.29, 0.717) is 6.04 Å². The highest BCUT2D eigenvalue weighted by atomic mass is 16.5. The third-order valence-corrected chi connectivity index (χ3v) is 4.04. The van der Waals surface area contributed by atoms with Crippen LogP contribution in [0.2, 0.25) is 0 Å². The van der Waals surface area contributed by atoms with E-state index in [9.17, 15) is 0 Å². The second kappa shape index (κ2) is 5.29. The molecule has 1 heterocycles. The fourth-order valence-corrected chi connectivity index (χ4v) is 2.66. The van der Waals surface area contributed by atoms with Crippen LogP contribution in [0.3, 0.4) is 0 Å². The van der Waals surface area contributed by atoms with Crippen LogP contribution in [0, 0.1) is 5.92 Å². The van der Waals surface area contributed by atoms with Gasteiger partial charge in [-0.05, 0) is 31.2 Å². The van der Waals surface area contributed by atoms with Crippen molar-refractivity contribution in [2.45, 2.75) is 31.8 Å². The Labute approximate surface area is 109 Å². The van der Waals surface area contributed by atoms with Gasteiger partial charge in [0.1, 0.15) is 12.4 Å². The van der Waals surface area contributed by atoms with E-state index in [1.807, 2.05) is 6.07 Å². The first-order chi connectivity index (χ1) is 8.83. The molecule has 1 aliphatic carbocycles. The Morgan fingerprint density at radius 1 is 1.33 bits per heavy atom. The van der Waals surface area contributed by atoms with Crippen LogP contribution >= 0.6 is 0 Å². The zero-order valence-corrected chi connectivity index (χ0v) is 10.8. The molecule has 0 spiro atoms. The number of nitrogens with two attached hydrogens (primary N) is 1. The van der Waals surface area contributed by atoms with Crippen LogP contribution in [0.25, 0.3) is 0 Å². The van der Waals surface area contributed by atoms with E-state index in [-0.39, 0.29) is 0 Å². The van der Waals surface area contributed by atoms with Gasteiger partial charge in [0, 0.05) is 31.2 Å². The van der Waals surface area contributed by atoms with Crippen molar-refractivity contribution in [2.75, 3.05) is 19.7 Å². The van der Waals surface area contributed by atoms with Crippen LogP contribution < -0.4 is 10.5 Å². The number of rotatable bonds is 4. The Hall–Kier alpha value is -1.06. The number of fused-ring (bicyclic) bond motifs is 1. The maximum absolute atomic E-state index is 6.17. The van der Waals surface area contributed by atoms with Crippen LogP contribution in [0.1, 0.15) is 24.8 Å². The first kappa shape index (κ1) is 12.0. The highest BCUT2D eigenvalue weighted by molar-refractivity contribution is 5.33. The van der Waals surface area contributed by atoms with Crippen molar-refractivity contribution >= 4 is 0 Å². The summed E-state index contributed by atoms with van der Waals surface area (Å²) in [5.41, 5.74) is 7.47. The first-order valence-corrected chi connectivity index (χ1v) is 7.01. The fourth-order valence-electron chi connectivity index (χ4n) is 2.66. The van der Waals surface area contributed by atoms with Gasteiger partial charge >= 0.3 is 0 Å². The van der Waals surface area contributed by atoms with Gasteiger partial charge in [0.05, 0.1) is 0 Å². The van der Waals surface area contributed by atoms with Crippen LogP contribution in [-0.2, 0) is 6.54 Å². The van der Waals surface area contributed by atoms with Crippen molar-refractivity contribution < 1.29 is 4.74 Å². The molecule has 0 aromatic heterocycles. The standard InChI is InChI=1S/C15H22N2O/c16-14(12-5-6-12)7-8-17-9-10-18-15-4-2-1-3-13(15)11-17/h1-4,12,14H,5-11,16H2. The zero-order chi connectivity index (χ0) is 12.4. The van der Waals surface area contributed by atoms with Crippen LogP contribution in [0.5, 0.6) is 5.75 Å². The minimum atomic E-state index is 0.407. The summed E-state index contributed by atoms with van der Waals surface area (Å²) in [6, 6.07) is 8.76. The highest BCUT2D eigenvalue weighted by Crippen LogP contribution is 2.33. The lowest BCUT2D eigenvalue weighted by atomic mass is 10.1. The highest BCUT2D eigenvalue weighted by Gasteiger charge is 2.28. The number of para-hydroxylation sites is 1. The van der Waals surface area contributed by atoms with Crippen molar-refractivity contribution in [1.29, 1.82) is 0 Å². The molecule has 98 valence electrons. The number of ether oxygens (including phenoxy) is 1. The Balaban J connectivity index is 1.57. The smallest absolute Gasteiger partial charge is 0.123 e. The monoisotopic (exact) mass is 246 g/mol. The molecule has 1 atom stereocenters. The zero-order valence-electron chi connectivity index (χ0n) is 10.8. The van der Waals surface area contributed by atoms with Gasteiger partial charge in [-0.15, -0.1) is 0 Å². The van der Waals surface area contributed by atoms with Gasteiger partial charge in [0.15, 0.2) is 0 Å². The SMILES string of the molecule is NC(CCN1CCOc2ccccc2C1)C1CC1. The van der Waals surface area contributed by atoms with Crippen LogP contribution in [0.4, 0.5) is 0 Å². The Morgan fingerprint density at radius 3 is 3.00 bits per heavy atom. The van der Waals surface area contributed by atoms with E-state index in [4.69, 9.17) is 10.5 Å². The minimum Gasteiger partial charge on any atom is -0.492 e. The second-order valence-electron chi connectivity index (χ2n) is 5.52. The Kier molecular flexibility index (Phi) is 3.52. The molecule has 1 aromatic rings. The average molecular weight is 246 g/mol. The number of hydrogen-bond donors (Lipinski definition) is 1. The molecule has 2 N–H and O–H groups in total. The second-order valence-corrected chi connectivity index (χ2v) is 5.52. The molecule has 18 heavy (non-hydrogen) atoms. The lowest BCUT2D eigenvalue weighted by Crippen LogP contribution is -2.32. The van der Waals surface area contributed by atoms with Crippen molar-refractivity contribution in [3.8, 4) is 5.75 Å². The molecule has 3 nitrogen and oxygen atoms in total. The summed E-state index contributed by atoms with van der Waals surface area (Å²) in [7, 11) is 0. The van der Waals surface area contributed by atoms with E-state index >= 15 is 0 Å². The molecule has 2 aliphatic rings. The molecule has 3 heteroatoms. The molecule has 3 rings (SSSR count). The number of benzene rings is 1. The Morgan fingerprint density at radius 2 is 2.17 bits per heavy atom. The molecule has 1 aliphatic heterocycles. The number of nitrogens with zero attached hydrogens (tertiary/aromatic N) is 1. The predicted molar refractivity (Wildman–Crippen MR) is 72.5 cm³/mol. The van der Waals surface area contributed by atoms with E-state index in [1.165, 1.54) is 18.4 Å². The predicted octanol–water partition coefficient (Wildman–Crippen LogP) is 2.01. The quantitative estimate of drug-likeness (QED) is 0.883. The average Bonchev–Trinajstić information content (AvgIpc) is 3.21. The molecular weight excluding hydrogens is 224 g/mol.